The van der Waals surface area contributed by atoms with Gasteiger partial charge in [0.05, 0.1) is 12.6 Å². The molecule has 2 rings (SSSR count). The molecule has 0 bridgehead atoms. The molecule has 1 aliphatic rings. The Morgan fingerprint density at radius 2 is 2.07 bits per heavy atom. The zero-order valence-electron chi connectivity index (χ0n) is 17.3. The lowest BCUT2D eigenvalue weighted by molar-refractivity contribution is -0.132. The number of nitrogens with one attached hydrogen (secondary N) is 1. The molecule has 3 atom stereocenters. The minimum atomic E-state index is -3.89. The molecule has 10 heteroatoms. The SMILES string of the molecule is COC(C)CC#Cc1ccc(N2CC(CC(C)(C(=O)NO)S(C)(=O)=O)OC2=O)cc1. The fraction of sp³-hybridized carbons (Fsp3) is 0.500. The number of hydrogen-bond donors (Lipinski definition) is 2. The van der Waals surface area contributed by atoms with Crippen LogP contribution in [0.5, 0.6) is 0 Å². The molecule has 0 radical (unpaired) electrons. The minimum absolute atomic E-state index is 0.0404. The third-order valence-corrected chi connectivity index (χ3v) is 7.08. The maximum atomic E-state index is 12.3. The van der Waals surface area contributed by atoms with Crippen LogP contribution in [0.25, 0.3) is 0 Å². The Kier molecular flexibility index (Phi) is 7.47. The molecule has 0 aliphatic carbocycles. The van der Waals surface area contributed by atoms with Crippen LogP contribution in [0.2, 0.25) is 0 Å². The van der Waals surface area contributed by atoms with Crippen molar-refractivity contribution in [1.29, 1.82) is 0 Å². The van der Waals surface area contributed by atoms with Gasteiger partial charge in [-0.1, -0.05) is 11.8 Å². The van der Waals surface area contributed by atoms with Crippen LogP contribution < -0.4 is 10.4 Å². The van der Waals surface area contributed by atoms with Crippen molar-refractivity contribution in [3.05, 3.63) is 29.8 Å². The zero-order chi connectivity index (χ0) is 22.5. The van der Waals surface area contributed by atoms with E-state index in [0.717, 1.165) is 11.8 Å². The van der Waals surface area contributed by atoms with Crippen LogP contribution in [0.15, 0.2) is 24.3 Å². The summed E-state index contributed by atoms with van der Waals surface area (Å²) in [6.45, 7) is 3.17. The van der Waals surface area contributed by atoms with E-state index in [4.69, 9.17) is 14.7 Å². The standard InChI is InChI=1S/C20H26N2O7S/c1-14(28-3)6-5-7-15-8-10-16(11-9-15)22-13-17(29-19(22)24)12-20(2,18(23)21-25)30(4,26)27/h8-11,14,17,25H,6,12-13H2,1-4H3,(H,21,23). The molecule has 164 valence electrons. The van der Waals surface area contributed by atoms with Crippen LogP contribution in [0, 0.1) is 11.8 Å². The highest BCUT2D eigenvalue weighted by Gasteiger charge is 2.48. The molecular formula is C20H26N2O7S. The Balaban J connectivity index is 2.11. The summed E-state index contributed by atoms with van der Waals surface area (Å²) in [7, 11) is -2.27. The zero-order valence-corrected chi connectivity index (χ0v) is 18.2. The summed E-state index contributed by atoms with van der Waals surface area (Å²) in [6, 6.07) is 6.95. The third kappa shape index (κ3) is 5.30. The largest absolute Gasteiger partial charge is 0.444 e. The van der Waals surface area contributed by atoms with Crippen LogP contribution in [-0.4, -0.2) is 62.5 Å². The van der Waals surface area contributed by atoms with E-state index < -0.39 is 32.7 Å². The van der Waals surface area contributed by atoms with E-state index in [1.165, 1.54) is 17.3 Å². The number of sulfone groups is 1. The second-order valence-electron chi connectivity index (χ2n) is 7.36. The summed E-state index contributed by atoms with van der Waals surface area (Å²) in [6.07, 6.45) is -0.249. The number of carbonyl (C=O) groups excluding carboxylic acids is 2. The van der Waals surface area contributed by atoms with Crippen molar-refractivity contribution in [2.75, 3.05) is 24.8 Å². The first-order valence-electron chi connectivity index (χ1n) is 9.26. The lowest BCUT2D eigenvalue weighted by Crippen LogP contribution is -2.51. The van der Waals surface area contributed by atoms with Gasteiger partial charge in [-0.3, -0.25) is 14.9 Å². The lowest BCUT2D eigenvalue weighted by atomic mass is 10.0. The van der Waals surface area contributed by atoms with Gasteiger partial charge in [-0.2, -0.15) is 0 Å². The number of methoxy groups -OCH3 is 1. The van der Waals surface area contributed by atoms with Crippen LogP contribution >= 0.6 is 0 Å². The number of ether oxygens (including phenoxy) is 2. The third-order valence-electron chi connectivity index (χ3n) is 5.10. The molecule has 1 aliphatic heterocycles. The van der Waals surface area contributed by atoms with E-state index in [1.807, 2.05) is 6.92 Å². The normalized spacial score (nSPS) is 19.3. The highest BCUT2D eigenvalue weighted by molar-refractivity contribution is 7.92. The summed E-state index contributed by atoms with van der Waals surface area (Å²) in [5.74, 6) is 4.95. The second-order valence-corrected chi connectivity index (χ2v) is 9.81. The topological polar surface area (TPSA) is 122 Å². The number of rotatable bonds is 7. The van der Waals surface area contributed by atoms with Gasteiger partial charge in [0.25, 0.3) is 5.91 Å². The molecule has 2 amide bonds. The molecule has 2 N–H and O–H groups in total. The van der Waals surface area contributed by atoms with Crippen molar-refractivity contribution in [1.82, 2.24) is 5.48 Å². The quantitative estimate of drug-likeness (QED) is 0.376. The number of benzene rings is 1. The van der Waals surface area contributed by atoms with Gasteiger partial charge in [0, 0.05) is 37.5 Å². The van der Waals surface area contributed by atoms with Gasteiger partial charge in [0.2, 0.25) is 0 Å². The fourth-order valence-electron chi connectivity index (χ4n) is 2.91. The Hall–Kier alpha value is -2.61. The average Bonchev–Trinajstić information content (AvgIpc) is 3.06. The first-order chi connectivity index (χ1) is 14.0. The fourth-order valence-corrected chi connectivity index (χ4v) is 3.78. The van der Waals surface area contributed by atoms with Gasteiger partial charge in [0.1, 0.15) is 6.10 Å². The number of hydrogen-bond acceptors (Lipinski definition) is 7. The first-order valence-corrected chi connectivity index (χ1v) is 11.1. The monoisotopic (exact) mass is 438 g/mol. The maximum absolute atomic E-state index is 12.3. The summed E-state index contributed by atoms with van der Waals surface area (Å²) >= 11 is 0. The van der Waals surface area contributed by atoms with Crippen LogP contribution in [0.3, 0.4) is 0 Å². The Morgan fingerprint density at radius 3 is 2.60 bits per heavy atom. The van der Waals surface area contributed by atoms with E-state index in [0.29, 0.717) is 12.1 Å². The maximum Gasteiger partial charge on any atom is 0.414 e. The van der Waals surface area contributed by atoms with Crippen molar-refractivity contribution >= 4 is 27.5 Å². The molecule has 1 aromatic carbocycles. The van der Waals surface area contributed by atoms with Crippen molar-refractivity contribution in [3.63, 3.8) is 0 Å². The van der Waals surface area contributed by atoms with Crippen LogP contribution in [-0.2, 0) is 24.1 Å². The van der Waals surface area contributed by atoms with Crippen molar-refractivity contribution in [2.45, 2.75) is 43.6 Å². The molecule has 9 nitrogen and oxygen atoms in total. The van der Waals surface area contributed by atoms with Crippen LogP contribution in [0.1, 0.15) is 32.3 Å². The van der Waals surface area contributed by atoms with Gasteiger partial charge in [-0.05, 0) is 38.1 Å². The summed E-state index contributed by atoms with van der Waals surface area (Å²) in [4.78, 5) is 25.6. The summed E-state index contributed by atoms with van der Waals surface area (Å²) < 4.78 is 32.7. The Morgan fingerprint density at radius 1 is 1.43 bits per heavy atom. The van der Waals surface area contributed by atoms with Gasteiger partial charge >= 0.3 is 6.09 Å². The van der Waals surface area contributed by atoms with E-state index >= 15 is 0 Å². The Bertz CT molecular complexity index is 950. The average molecular weight is 439 g/mol. The van der Waals surface area contributed by atoms with E-state index in [1.54, 1.807) is 31.4 Å². The number of hydroxylamine groups is 1. The smallest absolute Gasteiger partial charge is 0.414 e. The molecule has 0 aromatic heterocycles. The van der Waals surface area contributed by atoms with Crippen LogP contribution in [0.4, 0.5) is 10.5 Å². The van der Waals surface area contributed by atoms with E-state index in [-0.39, 0.29) is 19.1 Å². The minimum Gasteiger partial charge on any atom is -0.444 e. The van der Waals surface area contributed by atoms with Crippen molar-refractivity contribution in [2.24, 2.45) is 0 Å². The predicted octanol–water partition coefficient (Wildman–Crippen LogP) is 1.49. The highest BCUT2D eigenvalue weighted by Crippen LogP contribution is 2.30. The van der Waals surface area contributed by atoms with Gasteiger partial charge in [-0.15, -0.1) is 0 Å². The molecule has 0 saturated carbocycles. The lowest BCUT2D eigenvalue weighted by Gasteiger charge is -2.26. The number of anilines is 1. The van der Waals surface area contributed by atoms with E-state index in [9.17, 15) is 18.0 Å². The number of cyclic esters (lactones) is 1. The Labute approximate surface area is 176 Å². The molecular weight excluding hydrogens is 412 g/mol. The first kappa shape index (κ1) is 23.7. The highest BCUT2D eigenvalue weighted by atomic mass is 32.2. The molecule has 3 unspecified atom stereocenters. The van der Waals surface area contributed by atoms with E-state index in [2.05, 4.69) is 11.8 Å². The predicted molar refractivity (Wildman–Crippen MR) is 110 cm³/mol. The molecule has 1 aromatic rings. The second kappa shape index (κ2) is 9.47. The molecule has 1 heterocycles. The molecule has 1 fully saturated rings. The van der Waals surface area contributed by atoms with Crippen molar-refractivity contribution < 1.29 is 32.7 Å². The van der Waals surface area contributed by atoms with Crippen molar-refractivity contribution in [3.8, 4) is 11.8 Å². The van der Waals surface area contributed by atoms with Gasteiger partial charge < -0.3 is 9.47 Å². The molecule has 0 spiro atoms. The number of carbonyl (C=O) groups is 2. The van der Waals surface area contributed by atoms with Gasteiger partial charge in [0.15, 0.2) is 14.6 Å². The number of nitrogens with zero attached hydrogens (tertiary/aromatic N) is 1. The molecule has 1 saturated heterocycles. The molecule has 30 heavy (non-hydrogen) atoms. The van der Waals surface area contributed by atoms with Gasteiger partial charge in [-0.25, -0.2) is 18.7 Å². The summed E-state index contributed by atoms with van der Waals surface area (Å²) in [5, 5.41) is 8.92. The number of amides is 2. The summed E-state index contributed by atoms with van der Waals surface area (Å²) in [5.41, 5.74) is 2.72.